The molecular formula is C20H23N5OS. The summed E-state index contributed by atoms with van der Waals surface area (Å²) in [5, 5.41) is 12.5. The molecule has 6 nitrogen and oxygen atoms in total. The fourth-order valence-electron chi connectivity index (χ4n) is 3.72. The summed E-state index contributed by atoms with van der Waals surface area (Å²) in [5.41, 5.74) is 6.50. The Morgan fingerprint density at radius 2 is 1.81 bits per heavy atom. The van der Waals surface area contributed by atoms with Crippen LogP contribution >= 0.6 is 11.8 Å². The molecule has 2 aromatic heterocycles. The van der Waals surface area contributed by atoms with Crippen LogP contribution in [0.4, 0.5) is 5.82 Å². The van der Waals surface area contributed by atoms with E-state index in [0.29, 0.717) is 12.3 Å². The monoisotopic (exact) mass is 381 g/mol. The molecule has 0 saturated carbocycles. The fraction of sp³-hybridized carbons (Fsp3) is 0.350. The maximum Gasteiger partial charge on any atom is 0.235 e. The molecule has 1 aliphatic heterocycles. The van der Waals surface area contributed by atoms with E-state index in [4.69, 9.17) is 5.10 Å². The molecule has 0 saturated heterocycles. The minimum atomic E-state index is 0.0113. The second kappa shape index (κ2) is 6.88. The molecule has 0 radical (unpaired) electrons. The van der Waals surface area contributed by atoms with Crippen LogP contribution < -0.4 is 5.32 Å². The van der Waals surface area contributed by atoms with E-state index in [0.717, 1.165) is 34.0 Å². The highest BCUT2D eigenvalue weighted by Gasteiger charge is 2.33. The Morgan fingerprint density at radius 3 is 2.48 bits per heavy atom. The van der Waals surface area contributed by atoms with E-state index in [2.05, 4.69) is 29.5 Å². The zero-order valence-electron chi connectivity index (χ0n) is 16.0. The van der Waals surface area contributed by atoms with Gasteiger partial charge in [-0.25, -0.2) is 4.68 Å². The number of thioether (sulfide) groups is 1. The Bertz CT molecular complexity index is 1010. The van der Waals surface area contributed by atoms with Gasteiger partial charge in [0.25, 0.3) is 0 Å². The Labute approximate surface area is 163 Å². The molecule has 7 heteroatoms. The maximum atomic E-state index is 12.4. The molecule has 0 spiro atoms. The number of benzene rings is 1. The van der Waals surface area contributed by atoms with Crippen molar-refractivity contribution in [3.8, 4) is 0 Å². The van der Waals surface area contributed by atoms with Gasteiger partial charge < -0.3 is 5.32 Å². The summed E-state index contributed by atoms with van der Waals surface area (Å²) < 4.78 is 3.83. The number of hydrogen-bond donors (Lipinski definition) is 1. The highest BCUT2D eigenvalue weighted by Crippen LogP contribution is 2.45. The normalized spacial score (nSPS) is 16.7. The van der Waals surface area contributed by atoms with Crippen molar-refractivity contribution in [3.05, 3.63) is 64.1 Å². The number of aryl methyl sites for hydroxylation is 3. The molecule has 0 unspecified atom stereocenters. The lowest BCUT2D eigenvalue weighted by atomic mass is 10.0. The number of carbonyl (C=O) groups excluding carboxylic acids is 1. The summed E-state index contributed by atoms with van der Waals surface area (Å²) >= 11 is 1.64. The van der Waals surface area contributed by atoms with Crippen molar-refractivity contribution < 1.29 is 4.79 Å². The molecule has 1 atom stereocenters. The maximum absolute atomic E-state index is 12.4. The number of rotatable bonds is 3. The molecule has 4 rings (SSSR count). The number of amides is 1. The van der Waals surface area contributed by atoms with Crippen molar-refractivity contribution in [2.45, 2.75) is 32.6 Å². The number of nitrogens with zero attached hydrogens (tertiary/aromatic N) is 4. The van der Waals surface area contributed by atoms with E-state index >= 15 is 0 Å². The lowest BCUT2D eigenvalue weighted by Crippen LogP contribution is -2.16. The molecule has 1 aromatic carbocycles. The van der Waals surface area contributed by atoms with E-state index in [1.165, 1.54) is 5.56 Å². The highest BCUT2D eigenvalue weighted by molar-refractivity contribution is 8.00. The number of hydrogen-bond acceptors (Lipinski definition) is 4. The minimum absolute atomic E-state index is 0.0113. The predicted octanol–water partition coefficient (Wildman–Crippen LogP) is 3.36. The lowest BCUT2D eigenvalue weighted by molar-refractivity contribution is -0.113. The van der Waals surface area contributed by atoms with Gasteiger partial charge in [-0.15, -0.1) is 11.8 Å². The molecule has 3 aromatic rings. The first-order chi connectivity index (χ1) is 13.0. The number of fused-ring (bicyclic) bond motifs is 1. The average Bonchev–Trinajstić information content (AvgIpc) is 2.98. The first kappa shape index (κ1) is 17.9. The molecule has 0 fully saturated rings. The third-order valence-corrected chi connectivity index (χ3v) is 6.31. The second-order valence-electron chi connectivity index (χ2n) is 6.94. The van der Waals surface area contributed by atoms with Crippen molar-refractivity contribution in [1.29, 1.82) is 0 Å². The van der Waals surface area contributed by atoms with Crippen LogP contribution in [0.15, 0.2) is 30.3 Å². The topological polar surface area (TPSA) is 64.7 Å². The SMILES string of the molecule is Cc1nn(C)c(C)c1[C@@H]1SCC(=O)Nc2c1c(C)nn2Cc1ccccc1. The van der Waals surface area contributed by atoms with E-state index < -0.39 is 0 Å². The number of aromatic nitrogens is 4. The second-order valence-corrected chi connectivity index (χ2v) is 8.03. The Morgan fingerprint density at radius 1 is 1.11 bits per heavy atom. The Kier molecular flexibility index (Phi) is 4.55. The molecule has 27 heavy (non-hydrogen) atoms. The number of anilines is 1. The summed E-state index contributed by atoms with van der Waals surface area (Å²) in [4.78, 5) is 12.4. The summed E-state index contributed by atoms with van der Waals surface area (Å²) in [6.45, 7) is 6.76. The van der Waals surface area contributed by atoms with Gasteiger partial charge in [0.2, 0.25) is 5.91 Å². The van der Waals surface area contributed by atoms with Crippen molar-refractivity contribution in [3.63, 3.8) is 0 Å². The van der Waals surface area contributed by atoms with Crippen molar-refractivity contribution in [2.75, 3.05) is 11.1 Å². The molecule has 140 valence electrons. The van der Waals surface area contributed by atoms with Gasteiger partial charge in [0, 0.05) is 23.9 Å². The standard InChI is InChI=1S/C20H23N5OS/c1-12-17(14(3)24(4)22-12)19-18-13(2)23-25(10-15-8-6-5-7-9-15)20(18)21-16(26)11-27-19/h5-9,19H,10-11H2,1-4H3,(H,21,26)/t19-/m0/s1. The van der Waals surface area contributed by atoms with Crippen LogP contribution in [0.3, 0.4) is 0 Å². The highest BCUT2D eigenvalue weighted by atomic mass is 32.2. The lowest BCUT2D eigenvalue weighted by Gasteiger charge is -2.16. The van der Waals surface area contributed by atoms with Crippen LogP contribution in [0, 0.1) is 20.8 Å². The van der Waals surface area contributed by atoms with Crippen LogP contribution in [0.5, 0.6) is 0 Å². The summed E-state index contributed by atoms with van der Waals surface area (Å²) in [6, 6.07) is 10.2. The van der Waals surface area contributed by atoms with Gasteiger partial charge in [-0.05, 0) is 26.3 Å². The van der Waals surface area contributed by atoms with Crippen LogP contribution in [0.1, 0.15) is 39.0 Å². The van der Waals surface area contributed by atoms with Crippen molar-refractivity contribution in [1.82, 2.24) is 19.6 Å². The van der Waals surface area contributed by atoms with Crippen molar-refractivity contribution >= 4 is 23.5 Å². The average molecular weight is 382 g/mol. The van der Waals surface area contributed by atoms with E-state index in [1.807, 2.05) is 48.5 Å². The molecular weight excluding hydrogens is 358 g/mol. The van der Waals surface area contributed by atoms with E-state index in [9.17, 15) is 4.79 Å². The fourth-order valence-corrected chi connectivity index (χ4v) is 5.07. The summed E-state index contributed by atoms with van der Waals surface area (Å²) in [6.07, 6.45) is 0. The summed E-state index contributed by atoms with van der Waals surface area (Å²) in [7, 11) is 1.96. The van der Waals surface area contributed by atoms with E-state index in [-0.39, 0.29) is 11.2 Å². The minimum Gasteiger partial charge on any atom is -0.310 e. The molecule has 1 aliphatic rings. The Balaban J connectivity index is 1.84. The van der Waals surface area contributed by atoms with Crippen LogP contribution in [0.25, 0.3) is 0 Å². The zero-order chi connectivity index (χ0) is 19.1. The van der Waals surface area contributed by atoms with Crippen LogP contribution in [-0.2, 0) is 18.4 Å². The molecule has 1 amide bonds. The quantitative estimate of drug-likeness (QED) is 0.755. The molecule has 3 heterocycles. The molecule has 0 bridgehead atoms. The van der Waals surface area contributed by atoms with Gasteiger partial charge in [-0.1, -0.05) is 30.3 Å². The Hall–Kier alpha value is -2.54. The first-order valence-corrected chi connectivity index (χ1v) is 10.0. The zero-order valence-corrected chi connectivity index (χ0v) is 16.8. The van der Waals surface area contributed by atoms with Gasteiger partial charge >= 0.3 is 0 Å². The predicted molar refractivity (Wildman–Crippen MR) is 108 cm³/mol. The van der Waals surface area contributed by atoms with Gasteiger partial charge in [-0.2, -0.15) is 10.2 Å². The van der Waals surface area contributed by atoms with Crippen molar-refractivity contribution in [2.24, 2.45) is 7.05 Å². The van der Waals surface area contributed by atoms with E-state index in [1.54, 1.807) is 11.8 Å². The smallest absolute Gasteiger partial charge is 0.235 e. The third kappa shape index (κ3) is 3.16. The van der Waals surface area contributed by atoms with Gasteiger partial charge in [0.1, 0.15) is 5.82 Å². The number of carbonyl (C=O) groups is 1. The molecule has 1 N–H and O–H groups in total. The number of nitrogens with one attached hydrogen (secondary N) is 1. The third-order valence-electron chi connectivity index (χ3n) is 5.08. The van der Waals surface area contributed by atoms with Gasteiger partial charge in [-0.3, -0.25) is 9.48 Å². The van der Waals surface area contributed by atoms with Crippen LogP contribution in [-0.4, -0.2) is 31.2 Å². The first-order valence-electron chi connectivity index (χ1n) is 8.98. The van der Waals surface area contributed by atoms with Gasteiger partial charge in [0.15, 0.2) is 0 Å². The largest absolute Gasteiger partial charge is 0.310 e. The summed E-state index contributed by atoms with van der Waals surface area (Å²) in [5.74, 6) is 1.23. The van der Waals surface area contributed by atoms with Gasteiger partial charge in [0.05, 0.1) is 28.9 Å². The molecule has 0 aliphatic carbocycles. The van der Waals surface area contributed by atoms with Crippen LogP contribution in [0.2, 0.25) is 0 Å².